The smallest absolute Gasteiger partial charge is 0.306 e. The maximum Gasteiger partial charge on any atom is 0.326 e. The van der Waals surface area contributed by atoms with Crippen LogP contribution in [0.2, 0.25) is 0 Å². The van der Waals surface area contributed by atoms with E-state index in [1.807, 2.05) is 47.0 Å². The number of H-pyrrole nitrogens is 1. The number of piperidine rings is 1. The molecule has 2 aliphatic rings. The van der Waals surface area contributed by atoms with Crippen LogP contribution in [-0.2, 0) is 0 Å². The molecule has 1 fully saturated rings. The Hall–Kier alpha value is -2.99. The zero-order valence-corrected chi connectivity index (χ0v) is 19.4. The van der Waals surface area contributed by atoms with Gasteiger partial charge in [0, 0.05) is 31.5 Å². The van der Waals surface area contributed by atoms with Crippen LogP contribution < -0.4 is 5.69 Å². The van der Waals surface area contributed by atoms with Crippen molar-refractivity contribution in [2.75, 3.05) is 19.6 Å². The van der Waals surface area contributed by atoms with Gasteiger partial charge in [0.05, 0.1) is 11.0 Å². The predicted octanol–water partition coefficient (Wildman–Crippen LogP) is 6.24. The minimum absolute atomic E-state index is 0.0203. The van der Waals surface area contributed by atoms with Gasteiger partial charge in [0.15, 0.2) is 0 Å². The number of imidazole rings is 1. The zero-order chi connectivity index (χ0) is 23.5. The maximum absolute atomic E-state index is 13.6. The van der Waals surface area contributed by atoms with Crippen LogP contribution in [0.15, 0.2) is 76.9 Å². The van der Waals surface area contributed by atoms with E-state index in [0.717, 1.165) is 68.3 Å². The molecule has 0 bridgehead atoms. The number of rotatable bonds is 7. The average molecular weight is 464 g/mol. The van der Waals surface area contributed by atoms with Gasteiger partial charge >= 0.3 is 5.69 Å². The zero-order valence-electron chi connectivity index (χ0n) is 19.4. The van der Waals surface area contributed by atoms with E-state index in [2.05, 4.69) is 9.88 Å². The fourth-order valence-corrected chi connectivity index (χ4v) is 5.54. The number of para-hydroxylation sites is 2. The predicted molar refractivity (Wildman–Crippen MR) is 132 cm³/mol. The molecule has 0 amide bonds. The molecule has 3 aromatic rings. The Bertz CT molecular complexity index is 1250. The summed E-state index contributed by atoms with van der Waals surface area (Å²) in [7, 11) is 0. The molecule has 0 saturated carbocycles. The number of nitrogens with one attached hydrogen (secondary N) is 1. The summed E-state index contributed by atoms with van der Waals surface area (Å²) in [4.78, 5) is 18.0. The number of halogens is 2. The molecule has 34 heavy (non-hydrogen) atoms. The van der Waals surface area contributed by atoms with E-state index < -0.39 is 0 Å². The Balaban J connectivity index is 1.20. The highest BCUT2D eigenvalue weighted by atomic mass is 19.1. The first kappa shape index (κ1) is 22.8. The largest absolute Gasteiger partial charge is 0.326 e. The number of aromatic amines is 1. The standard InChI is InChI=1S/C28H31F2N3O/c29-22-11-7-20(8-12-22)25(21-9-13-23(30)14-10-21)4-3-17-32-18-15-24(16-19-32)33-27-6-2-1-5-26(27)31-28(33)34/h1-2,5-9,11-13,24-25H,3-4,10,14-19H2,(H,31,34). The van der Waals surface area contributed by atoms with Gasteiger partial charge in [-0.3, -0.25) is 4.57 Å². The molecule has 2 heterocycles. The van der Waals surface area contributed by atoms with Crippen molar-refractivity contribution in [3.05, 3.63) is 93.9 Å². The number of benzene rings is 2. The SMILES string of the molecule is O=c1[nH]c2ccccc2n1C1CCN(CCCC(C2=CC=C(F)CC2)c2ccc(F)cc2)CC1. The van der Waals surface area contributed by atoms with Gasteiger partial charge in [-0.1, -0.05) is 35.9 Å². The topological polar surface area (TPSA) is 41.0 Å². The normalized spacial score (nSPS) is 18.6. The molecule has 0 radical (unpaired) electrons. The van der Waals surface area contributed by atoms with Gasteiger partial charge in [-0.25, -0.2) is 13.6 Å². The van der Waals surface area contributed by atoms with Gasteiger partial charge in [-0.05, 0) is 74.6 Å². The molecular formula is C28H31F2N3O. The molecule has 6 heteroatoms. The van der Waals surface area contributed by atoms with E-state index >= 15 is 0 Å². The third-order valence-corrected chi connectivity index (χ3v) is 7.36. The minimum atomic E-state index is -0.233. The second kappa shape index (κ2) is 10.1. The lowest BCUT2D eigenvalue weighted by molar-refractivity contribution is 0.183. The Morgan fingerprint density at radius 3 is 2.47 bits per heavy atom. The first-order valence-electron chi connectivity index (χ1n) is 12.3. The summed E-state index contributed by atoms with van der Waals surface area (Å²) >= 11 is 0. The number of aromatic nitrogens is 2. The van der Waals surface area contributed by atoms with Crippen LogP contribution in [0.3, 0.4) is 0 Å². The van der Waals surface area contributed by atoms with E-state index in [1.165, 1.54) is 17.7 Å². The number of allylic oxidation sites excluding steroid dienone is 4. The van der Waals surface area contributed by atoms with Crippen LogP contribution in [0, 0.1) is 5.82 Å². The van der Waals surface area contributed by atoms with Crippen molar-refractivity contribution in [3.63, 3.8) is 0 Å². The number of nitrogens with zero attached hydrogens (tertiary/aromatic N) is 2. The third-order valence-electron chi connectivity index (χ3n) is 7.36. The van der Waals surface area contributed by atoms with Crippen molar-refractivity contribution < 1.29 is 8.78 Å². The van der Waals surface area contributed by atoms with Gasteiger partial charge in [-0.2, -0.15) is 0 Å². The van der Waals surface area contributed by atoms with Crippen molar-refractivity contribution in [3.8, 4) is 0 Å². The molecule has 1 atom stereocenters. The Kier molecular flexibility index (Phi) is 6.77. The van der Waals surface area contributed by atoms with Gasteiger partial charge in [-0.15, -0.1) is 0 Å². The molecule has 2 aromatic carbocycles. The summed E-state index contributed by atoms with van der Waals surface area (Å²) in [6.45, 7) is 2.92. The van der Waals surface area contributed by atoms with Gasteiger partial charge in [0.1, 0.15) is 11.6 Å². The van der Waals surface area contributed by atoms with Crippen LogP contribution in [0.25, 0.3) is 11.0 Å². The lowest BCUT2D eigenvalue weighted by atomic mass is 9.83. The quantitative estimate of drug-likeness (QED) is 0.450. The number of fused-ring (bicyclic) bond motifs is 1. The van der Waals surface area contributed by atoms with Crippen LogP contribution in [0.1, 0.15) is 56.0 Å². The number of hydrogen-bond acceptors (Lipinski definition) is 2. The van der Waals surface area contributed by atoms with Crippen molar-refractivity contribution in [2.45, 2.75) is 50.5 Å². The van der Waals surface area contributed by atoms with E-state index in [4.69, 9.17) is 0 Å². The summed E-state index contributed by atoms with van der Waals surface area (Å²) in [6, 6.07) is 14.9. The number of hydrogen-bond donors (Lipinski definition) is 1. The van der Waals surface area contributed by atoms with Gasteiger partial charge < -0.3 is 9.88 Å². The highest BCUT2D eigenvalue weighted by Crippen LogP contribution is 2.35. The molecule has 1 unspecified atom stereocenters. The molecule has 178 valence electrons. The molecule has 1 N–H and O–H groups in total. The molecule has 1 saturated heterocycles. The van der Waals surface area contributed by atoms with Crippen LogP contribution >= 0.6 is 0 Å². The van der Waals surface area contributed by atoms with Gasteiger partial charge in [0.2, 0.25) is 0 Å². The Morgan fingerprint density at radius 1 is 0.971 bits per heavy atom. The summed E-state index contributed by atoms with van der Waals surface area (Å²) < 4.78 is 29.0. The maximum atomic E-state index is 13.6. The lowest BCUT2D eigenvalue weighted by Gasteiger charge is -2.33. The summed E-state index contributed by atoms with van der Waals surface area (Å²) in [5.41, 5.74) is 4.19. The van der Waals surface area contributed by atoms with E-state index in [0.29, 0.717) is 6.42 Å². The van der Waals surface area contributed by atoms with Crippen molar-refractivity contribution >= 4 is 11.0 Å². The third kappa shape index (κ3) is 4.92. The van der Waals surface area contributed by atoms with Crippen molar-refractivity contribution in [1.82, 2.24) is 14.5 Å². The monoisotopic (exact) mass is 463 g/mol. The second-order valence-electron chi connectivity index (χ2n) is 9.49. The van der Waals surface area contributed by atoms with Crippen molar-refractivity contribution in [1.29, 1.82) is 0 Å². The van der Waals surface area contributed by atoms with Crippen molar-refractivity contribution in [2.24, 2.45) is 0 Å². The summed E-state index contributed by atoms with van der Waals surface area (Å²) in [6.07, 6.45) is 8.54. The second-order valence-corrected chi connectivity index (χ2v) is 9.49. The van der Waals surface area contributed by atoms with E-state index in [-0.39, 0.29) is 29.3 Å². The molecule has 0 spiro atoms. The average Bonchev–Trinajstić information content (AvgIpc) is 3.19. The lowest BCUT2D eigenvalue weighted by Crippen LogP contribution is -2.37. The fraction of sp³-hybridized carbons (Fsp3) is 0.393. The van der Waals surface area contributed by atoms with Crippen LogP contribution in [0.4, 0.5) is 8.78 Å². The first-order valence-corrected chi connectivity index (χ1v) is 12.3. The van der Waals surface area contributed by atoms with E-state index in [9.17, 15) is 13.6 Å². The Labute approximate surface area is 198 Å². The van der Waals surface area contributed by atoms with Gasteiger partial charge in [0.25, 0.3) is 0 Å². The minimum Gasteiger partial charge on any atom is -0.306 e. The molecular weight excluding hydrogens is 432 g/mol. The molecule has 5 rings (SSSR count). The fourth-order valence-electron chi connectivity index (χ4n) is 5.54. The molecule has 1 aliphatic heterocycles. The molecule has 4 nitrogen and oxygen atoms in total. The summed E-state index contributed by atoms with van der Waals surface area (Å²) in [5.74, 6) is -0.116. The number of likely N-dealkylation sites (tertiary alicyclic amines) is 1. The highest BCUT2D eigenvalue weighted by molar-refractivity contribution is 5.75. The molecule has 1 aliphatic carbocycles. The van der Waals surface area contributed by atoms with E-state index in [1.54, 1.807) is 6.08 Å². The van der Waals surface area contributed by atoms with Crippen LogP contribution in [-0.4, -0.2) is 34.1 Å². The summed E-state index contributed by atoms with van der Waals surface area (Å²) in [5, 5.41) is 0. The first-order chi connectivity index (χ1) is 16.6. The molecule has 1 aromatic heterocycles. The highest BCUT2D eigenvalue weighted by Gasteiger charge is 2.24. The van der Waals surface area contributed by atoms with Crippen LogP contribution in [0.5, 0.6) is 0 Å². The Morgan fingerprint density at radius 2 is 1.74 bits per heavy atom.